The summed E-state index contributed by atoms with van der Waals surface area (Å²) in [5.41, 5.74) is 1.78. The van der Waals surface area contributed by atoms with Crippen LogP contribution in [0.5, 0.6) is 0 Å². The van der Waals surface area contributed by atoms with Gasteiger partial charge >= 0.3 is 0 Å². The number of hydrogen-bond donors (Lipinski definition) is 1. The summed E-state index contributed by atoms with van der Waals surface area (Å²) in [6.45, 7) is 0. The molecule has 0 saturated heterocycles. The van der Waals surface area contributed by atoms with Gasteiger partial charge in [0.15, 0.2) is 0 Å². The Hall–Kier alpha value is -3.54. The van der Waals surface area contributed by atoms with Gasteiger partial charge in [0.2, 0.25) is 5.91 Å². The lowest BCUT2D eigenvalue weighted by Crippen LogP contribution is -2.24. The van der Waals surface area contributed by atoms with E-state index in [-0.39, 0.29) is 17.9 Å². The third-order valence-corrected chi connectivity index (χ3v) is 4.27. The number of amides is 1. The molecule has 0 atom stereocenters. The van der Waals surface area contributed by atoms with E-state index in [1.54, 1.807) is 25.4 Å². The Morgan fingerprint density at radius 2 is 1.81 bits per heavy atom. The van der Waals surface area contributed by atoms with Crippen LogP contribution < -0.4 is 10.9 Å². The molecule has 0 spiro atoms. The van der Waals surface area contributed by atoms with Gasteiger partial charge < -0.3 is 5.32 Å². The zero-order valence-corrected chi connectivity index (χ0v) is 14.1. The first-order valence-electron chi connectivity index (χ1n) is 8.22. The van der Waals surface area contributed by atoms with Crippen LogP contribution in [0.2, 0.25) is 0 Å². The Kier molecular flexibility index (Phi) is 3.93. The summed E-state index contributed by atoms with van der Waals surface area (Å²) in [6, 6.07) is 16.6. The summed E-state index contributed by atoms with van der Waals surface area (Å²) in [5.74, 6) is -0.209. The fraction of sp³-hybridized carbons (Fsp3) is 0.100. The number of aryl methyl sites for hydroxylation is 1. The summed E-state index contributed by atoms with van der Waals surface area (Å²) < 4.78 is 1.27. The molecule has 0 bridgehead atoms. The molecule has 2 aromatic carbocycles. The number of aromatic nitrogens is 3. The molecule has 4 rings (SSSR count). The van der Waals surface area contributed by atoms with E-state index in [9.17, 15) is 9.59 Å². The second-order valence-electron chi connectivity index (χ2n) is 6.03. The van der Waals surface area contributed by atoms with Crippen molar-refractivity contribution in [3.8, 4) is 0 Å². The van der Waals surface area contributed by atoms with E-state index in [0.29, 0.717) is 22.2 Å². The zero-order chi connectivity index (χ0) is 18.1. The van der Waals surface area contributed by atoms with Crippen LogP contribution in [0, 0.1) is 0 Å². The number of benzene rings is 2. The lowest BCUT2D eigenvalue weighted by atomic mass is 10.1. The lowest BCUT2D eigenvalue weighted by molar-refractivity contribution is -0.115. The monoisotopic (exact) mass is 344 g/mol. The van der Waals surface area contributed by atoms with E-state index in [1.165, 1.54) is 4.68 Å². The van der Waals surface area contributed by atoms with Crippen molar-refractivity contribution in [2.24, 2.45) is 7.05 Å². The fourth-order valence-corrected chi connectivity index (χ4v) is 3.06. The number of nitrogens with zero attached hydrogens (tertiary/aromatic N) is 3. The van der Waals surface area contributed by atoms with Gasteiger partial charge in [0.25, 0.3) is 5.56 Å². The Morgan fingerprint density at radius 3 is 2.65 bits per heavy atom. The maximum absolute atomic E-state index is 12.6. The maximum atomic E-state index is 12.6. The maximum Gasteiger partial charge on any atom is 0.274 e. The zero-order valence-electron chi connectivity index (χ0n) is 14.1. The molecule has 0 aliphatic rings. The SMILES string of the molecule is Cn1nc(CC(=O)Nc2cccc3cccnc23)c2ccccc2c1=O. The summed E-state index contributed by atoms with van der Waals surface area (Å²) in [5, 5.41) is 9.38. The number of rotatable bonds is 3. The predicted octanol–water partition coefficient (Wildman–Crippen LogP) is 2.66. The van der Waals surface area contributed by atoms with Crippen molar-refractivity contribution in [2.75, 3.05) is 5.32 Å². The molecule has 0 fully saturated rings. The molecule has 6 nitrogen and oxygen atoms in total. The van der Waals surface area contributed by atoms with Gasteiger partial charge in [-0.1, -0.05) is 36.4 Å². The van der Waals surface area contributed by atoms with Crippen molar-refractivity contribution in [1.82, 2.24) is 14.8 Å². The smallest absolute Gasteiger partial charge is 0.274 e. The van der Waals surface area contributed by atoms with Crippen molar-refractivity contribution >= 4 is 33.3 Å². The van der Waals surface area contributed by atoms with Crippen LogP contribution in [-0.4, -0.2) is 20.7 Å². The largest absolute Gasteiger partial charge is 0.324 e. The number of nitrogens with one attached hydrogen (secondary N) is 1. The van der Waals surface area contributed by atoms with Gasteiger partial charge in [0, 0.05) is 24.0 Å². The van der Waals surface area contributed by atoms with E-state index < -0.39 is 0 Å². The van der Waals surface area contributed by atoms with Gasteiger partial charge in [-0.15, -0.1) is 0 Å². The van der Waals surface area contributed by atoms with E-state index in [2.05, 4.69) is 15.4 Å². The molecule has 0 unspecified atom stereocenters. The molecule has 1 N–H and O–H groups in total. The number of carbonyl (C=O) groups excluding carboxylic acids is 1. The molecule has 2 heterocycles. The molecule has 26 heavy (non-hydrogen) atoms. The standard InChI is InChI=1S/C20H16N4O2/c1-24-20(26)15-9-3-2-8-14(15)17(23-24)12-18(25)22-16-10-4-6-13-7-5-11-21-19(13)16/h2-11H,12H2,1H3,(H,22,25). The van der Waals surface area contributed by atoms with Crippen LogP contribution in [0.25, 0.3) is 21.7 Å². The van der Waals surface area contributed by atoms with Crippen molar-refractivity contribution in [3.05, 3.63) is 76.8 Å². The second-order valence-corrected chi connectivity index (χ2v) is 6.03. The Balaban J connectivity index is 1.68. The van der Waals surface area contributed by atoms with Gasteiger partial charge in [-0.3, -0.25) is 14.6 Å². The van der Waals surface area contributed by atoms with Crippen molar-refractivity contribution in [3.63, 3.8) is 0 Å². The second kappa shape index (κ2) is 6.40. The average Bonchev–Trinajstić information content (AvgIpc) is 2.66. The minimum Gasteiger partial charge on any atom is -0.324 e. The predicted molar refractivity (Wildman–Crippen MR) is 101 cm³/mol. The lowest BCUT2D eigenvalue weighted by Gasteiger charge is -2.10. The molecule has 6 heteroatoms. The highest BCUT2D eigenvalue weighted by Crippen LogP contribution is 2.21. The highest BCUT2D eigenvalue weighted by molar-refractivity contribution is 6.01. The Labute approximate surface area is 149 Å². The van der Waals surface area contributed by atoms with Crippen LogP contribution in [0.15, 0.2) is 65.6 Å². The number of carbonyl (C=O) groups is 1. The van der Waals surface area contributed by atoms with Crippen LogP contribution >= 0.6 is 0 Å². The fourth-order valence-electron chi connectivity index (χ4n) is 3.06. The number of pyridine rings is 1. The molecule has 2 aromatic heterocycles. The van der Waals surface area contributed by atoms with Crippen LogP contribution in [0.3, 0.4) is 0 Å². The van der Waals surface area contributed by atoms with Crippen molar-refractivity contribution in [2.45, 2.75) is 6.42 Å². The van der Waals surface area contributed by atoms with Gasteiger partial charge in [0.1, 0.15) is 0 Å². The van der Waals surface area contributed by atoms with Crippen LogP contribution in [-0.2, 0) is 18.3 Å². The van der Waals surface area contributed by atoms with Crippen LogP contribution in [0.4, 0.5) is 5.69 Å². The quantitative estimate of drug-likeness (QED) is 0.620. The van der Waals surface area contributed by atoms with Gasteiger partial charge in [-0.25, -0.2) is 4.68 Å². The van der Waals surface area contributed by atoms with E-state index in [0.717, 1.165) is 10.9 Å². The number of hydrogen-bond acceptors (Lipinski definition) is 4. The normalized spacial score (nSPS) is 11.0. The molecule has 1 amide bonds. The molecule has 0 aliphatic heterocycles. The summed E-state index contributed by atoms with van der Waals surface area (Å²) >= 11 is 0. The number of anilines is 1. The molecule has 4 aromatic rings. The molecule has 128 valence electrons. The number of fused-ring (bicyclic) bond motifs is 2. The molecular weight excluding hydrogens is 328 g/mol. The average molecular weight is 344 g/mol. The van der Waals surface area contributed by atoms with Gasteiger partial charge in [-0.2, -0.15) is 5.10 Å². The molecule has 0 radical (unpaired) electrons. The Morgan fingerprint density at radius 1 is 1.04 bits per heavy atom. The first kappa shape index (κ1) is 16.0. The molecular formula is C20H16N4O2. The Bertz CT molecular complexity index is 1190. The minimum absolute atomic E-state index is 0.0673. The van der Waals surface area contributed by atoms with Gasteiger partial charge in [-0.05, 0) is 18.2 Å². The third-order valence-electron chi connectivity index (χ3n) is 4.27. The first-order valence-corrected chi connectivity index (χ1v) is 8.22. The van der Waals surface area contributed by atoms with Crippen molar-refractivity contribution in [1.29, 1.82) is 0 Å². The van der Waals surface area contributed by atoms with Crippen LogP contribution in [0.1, 0.15) is 5.69 Å². The minimum atomic E-state index is -0.209. The summed E-state index contributed by atoms with van der Waals surface area (Å²) in [7, 11) is 1.59. The van der Waals surface area contributed by atoms with E-state index in [1.807, 2.05) is 42.5 Å². The van der Waals surface area contributed by atoms with E-state index >= 15 is 0 Å². The molecule has 0 saturated carbocycles. The van der Waals surface area contributed by atoms with E-state index in [4.69, 9.17) is 0 Å². The molecule has 0 aliphatic carbocycles. The summed E-state index contributed by atoms with van der Waals surface area (Å²) in [4.78, 5) is 29.1. The topological polar surface area (TPSA) is 76.9 Å². The first-order chi connectivity index (χ1) is 12.6. The van der Waals surface area contributed by atoms with Gasteiger partial charge in [0.05, 0.1) is 28.7 Å². The summed E-state index contributed by atoms with van der Waals surface area (Å²) in [6.07, 6.45) is 1.76. The van der Waals surface area contributed by atoms with Crippen molar-refractivity contribution < 1.29 is 4.79 Å². The number of para-hydroxylation sites is 1. The highest BCUT2D eigenvalue weighted by Gasteiger charge is 2.13. The highest BCUT2D eigenvalue weighted by atomic mass is 16.1. The third kappa shape index (κ3) is 2.82.